The Morgan fingerprint density at radius 3 is 2.39 bits per heavy atom. The lowest BCUT2D eigenvalue weighted by Crippen LogP contribution is -2.48. The molecular weight excluding hydrogens is 481 g/mol. The molecule has 0 saturated carbocycles. The molecule has 3 aromatic rings. The summed E-state index contributed by atoms with van der Waals surface area (Å²) in [5.41, 5.74) is 1.72. The van der Waals surface area contributed by atoms with Gasteiger partial charge in [0.1, 0.15) is 5.75 Å². The number of anilines is 2. The Kier molecular flexibility index (Phi) is 7.42. The molecule has 2 amide bonds. The Hall–Kier alpha value is -2.74. The number of hydrogen-bond donors (Lipinski definition) is 1. The van der Waals surface area contributed by atoms with Crippen LogP contribution in [0.25, 0.3) is 0 Å². The lowest BCUT2D eigenvalue weighted by molar-refractivity contribution is -0.122. The maximum absolute atomic E-state index is 12.5. The van der Waals surface area contributed by atoms with Crippen molar-refractivity contribution in [3.05, 3.63) is 74.9 Å². The Bertz CT molecular complexity index is 1110. The highest BCUT2D eigenvalue weighted by atomic mass is 35.5. The molecule has 1 atom stereocenters. The Balaban J connectivity index is 1.29. The molecule has 6 nitrogen and oxygen atoms in total. The van der Waals surface area contributed by atoms with Crippen molar-refractivity contribution < 1.29 is 14.3 Å². The number of nitrogens with zero attached hydrogens (tertiary/aromatic N) is 2. The van der Waals surface area contributed by atoms with Gasteiger partial charge in [0, 0.05) is 42.6 Å². The fourth-order valence-corrected chi connectivity index (χ4v) is 4.68. The van der Waals surface area contributed by atoms with Crippen LogP contribution in [0.1, 0.15) is 16.6 Å². The second-order valence-electron chi connectivity index (χ2n) is 7.63. The summed E-state index contributed by atoms with van der Waals surface area (Å²) in [5, 5.41) is 5.63. The number of rotatable bonds is 6. The lowest BCUT2D eigenvalue weighted by Gasteiger charge is -2.36. The van der Waals surface area contributed by atoms with Crippen LogP contribution in [-0.2, 0) is 4.79 Å². The van der Waals surface area contributed by atoms with Gasteiger partial charge in [0.2, 0.25) is 0 Å². The van der Waals surface area contributed by atoms with Crippen molar-refractivity contribution >= 4 is 57.7 Å². The zero-order chi connectivity index (χ0) is 23.4. The zero-order valence-corrected chi connectivity index (χ0v) is 20.3. The van der Waals surface area contributed by atoms with Gasteiger partial charge in [0.25, 0.3) is 11.8 Å². The highest BCUT2D eigenvalue weighted by Crippen LogP contribution is 2.28. The summed E-state index contributed by atoms with van der Waals surface area (Å²) in [4.78, 5) is 29.9. The first-order valence-electron chi connectivity index (χ1n) is 10.5. The summed E-state index contributed by atoms with van der Waals surface area (Å²) in [6.07, 6.45) is -0.739. The van der Waals surface area contributed by atoms with E-state index in [0.29, 0.717) is 34.6 Å². The van der Waals surface area contributed by atoms with Crippen molar-refractivity contribution in [1.29, 1.82) is 0 Å². The van der Waals surface area contributed by atoms with Crippen LogP contribution in [0, 0.1) is 0 Å². The predicted molar refractivity (Wildman–Crippen MR) is 134 cm³/mol. The second kappa shape index (κ2) is 10.5. The number of halogens is 2. The van der Waals surface area contributed by atoms with Crippen LogP contribution in [-0.4, -0.2) is 49.0 Å². The number of carbonyl (C=O) groups excluding carboxylic acids is 2. The molecule has 1 fully saturated rings. The Labute approximate surface area is 206 Å². The van der Waals surface area contributed by atoms with E-state index in [0.717, 1.165) is 23.7 Å². The van der Waals surface area contributed by atoms with Crippen LogP contribution >= 0.6 is 34.5 Å². The number of benzene rings is 2. The Morgan fingerprint density at radius 1 is 1.03 bits per heavy atom. The molecule has 0 aliphatic carbocycles. The van der Waals surface area contributed by atoms with Crippen molar-refractivity contribution in [3.8, 4) is 5.75 Å². The predicted octanol–water partition coefficient (Wildman–Crippen LogP) is 5.42. The number of piperazine rings is 1. The smallest absolute Gasteiger partial charge is 0.265 e. The second-order valence-corrected chi connectivity index (χ2v) is 9.42. The summed E-state index contributed by atoms with van der Waals surface area (Å²) < 4.78 is 5.67. The molecule has 33 heavy (non-hydrogen) atoms. The van der Waals surface area contributed by atoms with Gasteiger partial charge >= 0.3 is 0 Å². The maximum Gasteiger partial charge on any atom is 0.265 e. The molecule has 1 aliphatic rings. The highest BCUT2D eigenvalue weighted by Gasteiger charge is 2.23. The zero-order valence-electron chi connectivity index (χ0n) is 18.0. The minimum Gasteiger partial charge on any atom is -0.479 e. The van der Waals surface area contributed by atoms with Gasteiger partial charge in [0.05, 0.1) is 9.90 Å². The molecule has 0 spiro atoms. The molecule has 4 rings (SSSR count). The normalized spacial score (nSPS) is 14.6. The molecule has 172 valence electrons. The molecule has 1 unspecified atom stereocenters. The van der Waals surface area contributed by atoms with Crippen molar-refractivity contribution in [3.63, 3.8) is 0 Å². The molecule has 1 aromatic heterocycles. The molecule has 2 heterocycles. The van der Waals surface area contributed by atoms with E-state index in [-0.39, 0.29) is 11.8 Å². The van der Waals surface area contributed by atoms with Crippen molar-refractivity contribution in [1.82, 2.24) is 4.90 Å². The molecule has 0 radical (unpaired) electrons. The number of thiophene rings is 1. The SMILES string of the molecule is CC(Oc1ccc(Cl)cc1Cl)C(=O)Nc1ccc(N2CCN(C(=O)c3cccs3)CC2)cc1. The summed E-state index contributed by atoms with van der Waals surface area (Å²) in [6.45, 7) is 4.53. The van der Waals surface area contributed by atoms with Crippen molar-refractivity contribution in [2.45, 2.75) is 13.0 Å². The topological polar surface area (TPSA) is 61.9 Å². The number of amides is 2. The molecule has 9 heteroatoms. The summed E-state index contributed by atoms with van der Waals surface area (Å²) in [6, 6.07) is 16.3. The first-order valence-corrected chi connectivity index (χ1v) is 12.1. The van der Waals surface area contributed by atoms with Gasteiger partial charge in [-0.3, -0.25) is 9.59 Å². The van der Waals surface area contributed by atoms with E-state index < -0.39 is 6.10 Å². The summed E-state index contributed by atoms with van der Waals surface area (Å²) in [5.74, 6) is 0.212. The average Bonchev–Trinajstić information content (AvgIpc) is 3.36. The molecular formula is C24H23Cl2N3O3S. The largest absolute Gasteiger partial charge is 0.479 e. The lowest BCUT2D eigenvalue weighted by atomic mass is 10.2. The van der Waals surface area contributed by atoms with E-state index in [1.165, 1.54) is 11.3 Å². The number of ether oxygens (including phenoxy) is 1. The molecule has 0 bridgehead atoms. The van der Waals surface area contributed by atoms with Crippen molar-refractivity contribution in [2.75, 3.05) is 36.4 Å². The molecule has 2 aromatic carbocycles. The van der Waals surface area contributed by atoms with E-state index >= 15 is 0 Å². The van der Waals surface area contributed by atoms with Crippen LogP contribution < -0.4 is 15.0 Å². The number of hydrogen-bond acceptors (Lipinski definition) is 5. The van der Waals surface area contributed by atoms with Crippen LogP contribution in [0.3, 0.4) is 0 Å². The van der Waals surface area contributed by atoms with Crippen molar-refractivity contribution in [2.24, 2.45) is 0 Å². The third-order valence-electron chi connectivity index (χ3n) is 5.37. The minimum absolute atomic E-state index is 0.0962. The first-order chi connectivity index (χ1) is 15.9. The van der Waals surface area contributed by atoms with E-state index in [1.54, 1.807) is 25.1 Å². The monoisotopic (exact) mass is 503 g/mol. The number of carbonyl (C=O) groups is 2. The van der Waals surface area contributed by atoms with E-state index in [1.807, 2.05) is 46.7 Å². The van der Waals surface area contributed by atoms with Crippen LogP contribution in [0.2, 0.25) is 10.0 Å². The fraction of sp³-hybridized carbons (Fsp3) is 0.250. The van der Waals surface area contributed by atoms with Crippen LogP contribution in [0.4, 0.5) is 11.4 Å². The first kappa shape index (κ1) is 23.4. The van der Waals surface area contributed by atoms with E-state index in [9.17, 15) is 9.59 Å². The summed E-state index contributed by atoms with van der Waals surface area (Å²) in [7, 11) is 0. The van der Waals surface area contributed by atoms with Gasteiger partial charge < -0.3 is 19.9 Å². The van der Waals surface area contributed by atoms with Gasteiger partial charge in [-0.15, -0.1) is 11.3 Å². The number of nitrogens with one attached hydrogen (secondary N) is 1. The standard InChI is InChI=1S/C24H23Cl2N3O3S/c1-16(32-21-9-4-17(25)15-20(21)26)23(30)27-18-5-7-19(8-6-18)28-10-12-29(13-11-28)24(31)22-3-2-14-33-22/h2-9,14-16H,10-13H2,1H3,(H,27,30). The van der Waals surface area contributed by atoms with E-state index in [4.69, 9.17) is 27.9 Å². The van der Waals surface area contributed by atoms with Gasteiger partial charge in [-0.05, 0) is 60.8 Å². The fourth-order valence-electron chi connectivity index (χ4n) is 3.54. The molecule has 1 saturated heterocycles. The summed E-state index contributed by atoms with van der Waals surface area (Å²) >= 11 is 13.5. The Morgan fingerprint density at radius 2 is 1.76 bits per heavy atom. The minimum atomic E-state index is -0.739. The van der Waals surface area contributed by atoms with E-state index in [2.05, 4.69) is 10.2 Å². The maximum atomic E-state index is 12.5. The third-order valence-corrected chi connectivity index (χ3v) is 6.75. The van der Waals surface area contributed by atoms with Gasteiger partial charge in [0.15, 0.2) is 6.10 Å². The molecule has 1 aliphatic heterocycles. The quantitative estimate of drug-likeness (QED) is 0.487. The molecule has 1 N–H and O–H groups in total. The van der Waals surface area contributed by atoms with Gasteiger partial charge in [-0.25, -0.2) is 0 Å². The van der Waals surface area contributed by atoms with Gasteiger partial charge in [-0.1, -0.05) is 29.3 Å². The average molecular weight is 504 g/mol. The highest BCUT2D eigenvalue weighted by molar-refractivity contribution is 7.12. The van der Waals surface area contributed by atoms with Crippen LogP contribution in [0.15, 0.2) is 60.0 Å². The van der Waals surface area contributed by atoms with Crippen LogP contribution in [0.5, 0.6) is 5.75 Å². The van der Waals surface area contributed by atoms with Gasteiger partial charge in [-0.2, -0.15) is 0 Å². The third kappa shape index (κ3) is 5.79.